The van der Waals surface area contributed by atoms with Crippen molar-refractivity contribution >= 4 is 45.9 Å². The molecule has 312 valence electrons. The van der Waals surface area contributed by atoms with Gasteiger partial charge in [-0.05, 0) is 161 Å². The number of thioether (sulfide) groups is 1. The molecule has 3 nitrogen and oxygen atoms in total. The average molecular weight is 859 g/mol. The molecule has 2 aliphatic carbocycles. The summed E-state index contributed by atoms with van der Waals surface area (Å²) < 4.78 is 44.5. The van der Waals surface area contributed by atoms with E-state index in [0.29, 0.717) is 39.8 Å². The van der Waals surface area contributed by atoms with Crippen LogP contribution < -0.4 is 9.80 Å². The van der Waals surface area contributed by atoms with E-state index >= 15 is 4.39 Å². The highest BCUT2D eigenvalue weighted by atomic mass is 32.2. The van der Waals surface area contributed by atoms with Gasteiger partial charge in [0.2, 0.25) is 0 Å². The predicted octanol–water partition coefficient (Wildman–Crippen LogP) is 16.0. The largest absolute Gasteiger partial charge is 0.507 e. The molecule has 8 aromatic rings. The van der Waals surface area contributed by atoms with E-state index in [-0.39, 0.29) is 5.75 Å². The van der Waals surface area contributed by atoms with E-state index in [9.17, 15) is 13.9 Å². The van der Waals surface area contributed by atoms with Crippen molar-refractivity contribution in [2.24, 2.45) is 5.92 Å². The smallest absolute Gasteiger partial charge is 0.125 e. The molecule has 0 fully saturated rings. The SMILES string of the molecule is Cc1ccc(F)cc1-c1cc(N(c2ccccc2)c2ccc3c(c2)C2(C4=C(C=CC(C)C4)Sc4ccccc42)c2ccccc2-3)c(N(c2ccc(F)cc2)c2ccc(F)cc2)cc1O. The number of phenolic OH excluding ortho intramolecular Hbond substituents is 1. The highest BCUT2D eigenvalue weighted by Gasteiger charge is 2.51. The summed E-state index contributed by atoms with van der Waals surface area (Å²) in [4.78, 5) is 6.55. The minimum Gasteiger partial charge on any atom is -0.507 e. The number of para-hydroxylation sites is 1. The maximum Gasteiger partial charge on any atom is 0.125 e. The van der Waals surface area contributed by atoms with Gasteiger partial charge in [0.15, 0.2) is 0 Å². The summed E-state index contributed by atoms with van der Waals surface area (Å²) in [5.74, 6) is -1.00. The molecule has 8 aromatic carbocycles. The number of phenols is 1. The first kappa shape index (κ1) is 39.6. The number of benzene rings is 8. The first-order valence-corrected chi connectivity index (χ1v) is 22.2. The van der Waals surface area contributed by atoms with E-state index in [0.717, 1.165) is 28.9 Å². The topological polar surface area (TPSA) is 26.7 Å². The number of anilines is 6. The van der Waals surface area contributed by atoms with E-state index in [4.69, 9.17) is 0 Å². The van der Waals surface area contributed by atoms with Gasteiger partial charge in [-0.2, -0.15) is 0 Å². The Kier molecular flexibility index (Phi) is 9.62. The van der Waals surface area contributed by atoms with Crippen molar-refractivity contribution in [2.45, 2.75) is 30.6 Å². The number of nitrogens with zero attached hydrogens (tertiary/aromatic N) is 2. The van der Waals surface area contributed by atoms with Crippen LogP contribution in [0.5, 0.6) is 5.75 Å². The lowest BCUT2D eigenvalue weighted by Crippen LogP contribution is -2.34. The molecular formula is C57H41F3N2OS. The Labute approximate surface area is 375 Å². The van der Waals surface area contributed by atoms with Crippen molar-refractivity contribution in [3.8, 4) is 28.0 Å². The number of rotatable bonds is 7. The Morgan fingerprint density at radius 2 is 1.11 bits per heavy atom. The zero-order valence-corrected chi connectivity index (χ0v) is 35.9. The highest BCUT2D eigenvalue weighted by Crippen LogP contribution is 2.64. The Balaban J connectivity index is 1.23. The van der Waals surface area contributed by atoms with Crippen LogP contribution in [0.3, 0.4) is 0 Å². The molecule has 3 aliphatic rings. The lowest BCUT2D eigenvalue weighted by molar-refractivity contribution is 0.477. The molecule has 0 aromatic heterocycles. The normalized spacial score (nSPS) is 16.9. The van der Waals surface area contributed by atoms with Gasteiger partial charge in [0.25, 0.3) is 0 Å². The standard InChI is InChI=1S/C57H41F3N2OS/c1-35-16-29-56-51(30-35)57(49-14-8-9-15-55(49)64-56)48-13-7-6-12-44(48)45-28-27-43(32-50(45)57)62(40-10-4-3-5-11-40)52-33-47(46-31-39(60)18-17-36(46)2)54(63)34-53(52)61(41-23-19-37(58)20-24-41)42-25-21-38(59)22-26-42/h3-29,31-35,63H,30H2,1-2H3. The van der Waals surface area contributed by atoms with Gasteiger partial charge in [-0.1, -0.05) is 104 Å². The zero-order chi connectivity index (χ0) is 43.7. The molecule has 2 unspecified atom stereocenters. The van der Waals surface area contributed by atoms with Crippen LogP contribution >= 0.6 is 11.8 Å². The van der Waals surface area contributed by atoms with E-state index < -0.39 is 22.9 Å². The summed E-state index contributed by atoms with van der Waals surface area (Å²) in [5, 5.41) is 12.2. The van der Waals surface area contributed by atoms with Crippen LogP contribution in [0.2, 0.25) is 0 Å². The molecule has 7 heteroatoms. The molecule has 64 heavy (non-hydrogen) atoms. The third-order valence-corrected chi connectivity index (χ3v) is 14.1. The molecule has 11 rings (SSSR count). The molecule has 0 radical (unpaired) electrons. The summed E-state index contributed by atoms with van der Waals surface area (Å²) in [7, 11) is 0. The van der Waals surface area contributed by atoms with Crippen molar-refractivity contribution in [2.75, 3.05) is 9.80 Å². The van der Waals surface area contributed by atoms with Gasteiger partial charge in [-0.15, -0.1) is 0 Å². The van der Waals surface area contributed by atoms with Crippen molar-refractivity contribution in [3.63, 3.8) is 0 Å². The fourth-order valence-corrected chi connectivity index (χ4v) is 11.3. The lowest BCUT2D eigenvalue weighted by Gasteiger charge is -2.43. The van der Waals surface area contributed by atoms with Crippen LogP contribution in [0.4, 0.5) is 47.3 Å². The Morgan fingerprint density at radius 1 is 0.531 bits per heavy atom. The van der Waals surface area contributed by atoms with Crippen molar-refractivity contribution in [1.82, 2.24) is 0 Å². The molecule has 1 heterocycles. The first-order chi connectivity index (χ1) is 31.2. The number of hydrogen-bond donors (Lipinski definition) is 1. The second-order valence-electron chi connectivity index (χ2n) is 16.8. The number of hydrogen-bond acceptors (Lipinski definition) is 4. The van der Waals surface area contributed by atoms with Crippen LogP contribution in [-0.4, -0.2) is 5.11 Å². The summed E-state index contributed by atoms with van der Waals surface area (Å²) in [6, 6.07) is 54.6. The Bertz CT molecular complexity index is 3150. The third-order valence-electron chi connectivity index (χ3n) is 12.9. The summed E-state index contributed by atoms with van der Waals surface area (Å²) in [6.45, 7) is 4.18. The van der Waals surface area contributed by atoms with Crippen LogP contribution in [0.1, 0.15) is 35.6 Å². The van der Waals surface area contributed by atoms with Gasteiger partial charge in [0.05, 0.1) is 16.8 Å². The number of halogens is 3. The highest BCUT2D eigenvalue weighted by molar-refractivity contribution is 8.03. The Hall–Kier alpha value is -7.22. The van der Waals surface area contributed by atoms with Gasteiger partial charge in [0, 0.05) is 44.2 Å². The second-order valence-corrected chi connectivity index (χ2v) is 17.9. The number of fused-ring (bicyclic) bond motifs is 8. The van der Waals surface area contributed by atoms with Gasteiger partial charge >= 0.3 is 0 Å². The second kappa shape index (κ2) is 15.5. The monoisotopic (exact) mass is 858 g/mol. The predicted molar refractivity (Wildman–Crippen MR) is 255 cm³/mol. The molecular weight excluding hydrogens is 818 g/mol. The molecule has 0 bridgehead atoms. The van der Waals surface area contributed by atoms with E-state index in [1.165, 1.54) is 74.0 Å². The number of aromatic hydroxyl groups is 1. The number of allylic oxidation sites excluding steroid dienone is 3. The molecule has 1 N–H and O–H groups in total. The van der Waals surface area contributed by atoms with Crippen LogP contribution in [-0.2, 0) is 5.41 Å². The Morgan fingerprint density at radius 3 is 1.84 bits per heavy atom. The summed E-state index contributed by atoms with van der Waals surface area (Å²) in [6.07, 6.45) is 5.53. The van der Waals surface area contributed by atoms with Gasteiger partial charge in [0.1, 0.15) is 23.2 Å². The first-order valence-electron chi connectivity index (χ1n) is 21.4. The summed E-state index contributed by atoms with van der Waals surface area (Å²) >= 11 is 1.84. The molecule has 0 amide bonds. The quantitative estimate of drug-likeness (QED) is 0.173. The van der Waals surface area contributed by atoms with Crippen molar-refractivity contribution in [1.29, 1.82) is 0 Å². The molecule has 1 spiro atoms. The lowest BCUT2D eigenvalue weighted by atomic mass is 9.64. The van der Waals surface area contributed by atoms with Crippen LogP contribution in [0, 0.1) is 30.3 Å². The molecule has 2 atom stereocenters. The number of aryl methyl sites for hydroxylation is 1. The van der Waals surface area contributed by atoms with Crippen molar-refractivity contribution in [3.05, 3.63) is 238 Å². The van der Waals surface area contributed by atoms with Gasteiger partial charge in [-0.3, -0.25) is 0 Å². The van der Waals surface area contributed by atoms with Gasteiger partial charge < -0.3 is 14.9 Å². The van der Waals surface area contributed by atoms with E-state index in [2.05, 4.69) is 90.7 Å². The van der Waals surface area contributed by atoms with E-state index in [1.807, 2.05) is 60.0 Å². The van der Waals surface area contributed by atoms with E-state index in [1.54, 1.807) is 36.4 Å². The van der Waals surface area contributed by atoms with Crippen LogP contribution in [0.25, 0.3) is 22.3 Å². The molecule has 0 saturated heterocycles. The minimum absolute atomic E-state index is 0.0895. The summed E-state index contributed by atoms with van der Waals surface area (Å²) in [5.41, 5.74) is 12.6. The fourth-order valence-electron chi connectivity index (χ4n) is 10.1. The maximum absolute atomic E-state index is 15.2. The van der Waals surface area contributed by atoms with Crippen molar-refractivity contribution < 1.29 is 18.3 Å². The minimum atomic E-state index is -0.587. The van der Waals surface area contributed by atoms with Crippen LogP contribution in [0.15, 0.2) is 203 Å². The molecule has 1 aliphatic heterocycles. The zero-order valence-electron chi connectivity index (χ0n) is 35.1. The molecule has 0 saturated carbocycles. The average Bonchev–Trinajstić information content (AvgIpc) is 3.60. The third kappa shape index (κ3) is 6.36. The van der Waals surface area contributed by atoms with Gasteiger partial charge in [-0.25, -0.2) is 13.2 Å². The fraction of sp³-hybridized carbons (Fsp3) is 0.0877. The maximum atomic E-state index is 15.2.